The SMILES string of the molecule is [CH][C@H]1CCCN1. The predicted molar refractivity (Wildman–Crippen MR) is 25.3 cm³/mol. The molecule has 1 heterocycles. The van der Waals surface area contributed by atoms with Crippen molar-refractivity contribution < 1.29 is 0 Å². The van der Waals surface area contributed by atoms with Crippen molar-refractivity contribution in [1.29, 1.82) is 0 Å². The van der Waals surface area contributed by atoms with E-state index in [0.717, 1.165) is 13.0 Å². The Balaban J connectivity index is 2.18. The van der Waals surface area contributed by atoms with Crippen molar-refractivity contribution in [3.8, 4) is 0 Å². The molecule has 0 unspecified atom stereocenters. The zero-order valence-electron chi connectivity index (χ0n) is 3.78. The lowest BCUT2D eigenvalue weighted by atomic mass is 10.3. The summed E-state index contributed by atoms with van der Waals surface area (Å²) < 4.78 is 0. The molecule has 0 aromatic carbocycles. The van der Waals surface area contributed by atoms with Crippen LogP contribution in [0.2, 0.25) is 0 Å². The lowest BCUT2D eigenvalue weighted by Gasteiger charge is -1.94. The zero-order chi connectivity index (χ0) is 4.41. The summed E-state index contributed by atoms with van der Waals surface area (Å²) in [6.45, 7) is 6.54. The molecule has 1 aliphatic heterocycles. The standard InChI is InChI=1S/C5H9N/c1-5-3-2-4-6-5/h1,5-6H,2-4H2/t5-/m0/s1. The smallest absolute Gasteiger partial charge is 0.0102 e. The molecular weight excluding hydrogens is 74.1 g/mol. The molecule has 1 atom stereocenters. The number of rotatable bonds is 0. The summed E-state index contributed by atoms with van der Waals surface area (Å²) in [7, 11) is 0. The summed E-state index contributed by atoms with van der Waals surface area (Å²) in [6.07, 6.45) is 2.40. The van der Waals surface area contributed by atoms with Crippen LogP contribution in [-0.4, -0.2) is 12.6 Å². The summed E-state index contributed by atoms with van der Waals surface area (Å²) in [4.78, 5) is 0. The average Bonchev–Trinajstić information content (AvgIpc) is 1.86. The normalized spacial score (nSPS) is 34.5. The molecule has 1 rings (SSSR count). The van der Waals surface area contributed by atoms with Gasteiger partial charge in [0.1, 0.15) is 0 Å². The maximum absolute atomic E-state index is 5.42. The lowest BCUT2D eigenvalue weighted by molar-refractivity contribution is 0.724. The Hall–Kier alpha value is -0.0400. The van der Waals surface area contributed by atoms with E-state index in [2.05, 4.69) is 5.32 Å². The van der Waals surface area contributed by atoms with Gasteiger partial charge in [-0.05, 0) is 26.3 Å². The summed E-state index contributed by atoms with van der Waals surface area (Å²) in [5.41, 5.74) is 0. The first kappa shape index (κ1) is 4.13. The molecule has 1 fully saturated rings. The van der Waals surface area contributed by atoms with Crippen LogP contribution in [-0.2, 0) is 0 Å². The van der Waals surface area contributed by atoms with Crippen LogP contribution in [0.5, 0.6) is 0 Å². The van der Waals surface area contributed by atoms with Crippen molar-refractivity contribution in [1.82, 2.24) is 5.32 Å². The van der Waals surface area contributed by atoms with Gasteiger partial charge in [-0.3, -0.25) is 0 Å². The van der Waals surface area contributed by atoms with Gasteiger partial charge >= 0.3 is 0 Å². The quantitative estimate of drug-likeness (QED) is 0.448. The second-order valence-corrected chi connectivity index (χ2v) is 1.70. The molecule has 1 N–H and O–H groups in total. The molecule has 34 valence electrons. The number of nitrogens with one attached hydrogen (secondary N) is 1. The molecule has 0 saturated carbocycles. The van der Waals surface area contributed by atoms with Crippen LogP contribution in [0, 0.1) is 6.92 Å². The molecule has 0 aliphatic carbocycles. The summed E-state index contributed by atoms with van der Waals surface area (Å²) in [5, 5.41) is 3.10. The fourth-order valence-electron chi connectivity index (χ4n) is 0.711. The topological polar surface area (TPSA) is 12.0 Å². The summed E-state index contributed by atoms with van der Waals surface area (Å²) in [5.74, 6) is 0. The highest BCUT2D eigenvalue weighted by Crippen LogP contribution is 2.00. The first-order valence-corrected chi connectivity index (χ1v) is 2.38. The maximum Gasteiger partial charge on any atom is 0.0102 e. The molecule has 2 radical (unpaired) electrons. The van der Waals surface area contributed by atoms with Crippen LogP contribution in [0.25, 0.3) is 0 Å². The minimum Gasteiger partial charge on any atom is -0.314 e. The van der Waals surface area contributed by atoms with Crippen molar-refractivity contribution in [2.24, 2.45) is 0 Å². The van der Waals surface area contributed by atoms with E-state index in [0.29, 0.717) is 6.04 Å². The van der Waals surface area contributed by atoms with Gasteiger partial charge in [-0.25, -0.2) is 0 Å². The van der Waals surface area contributed by atoms with E-state index < -0.39 is 0 Å². The van der Waals surface area contributed by atoms with E-state index in [1.807, 2.05) is 0 Å². The van der Waals surface area contributed by atoms with Gasteiger partial charge in [-0.15, -0.1) is 0 Å². The molecule has 0 spiro atoms. The van der Waals surface area contributed by atoms with Gasteiger partial charge in [0.15, 0.2) is 0 Å². The van der Waals surface area contributed by atoms with Gasteiger partial charge < -0.3 is 5.32 Å². The van der Waals surface area contributed by atoms with Gasteiger partial charge in [0.05, 0.1) is 0 Å². The third kappa shape index (κ3) is 0.716. The van der Waals surface area contributed by atoms with E-state index in [-0.39, 0.29) is 0 Å². The minimum atomic E-state index is 0.296. The van der Waals surface area contributed by atoms with Crippen molar-refractivity contribution in [3.63, 3.8) is 0 Å². The second kappa shape index (κ2) is 1.61. The average molecular weight is 83.1 g/mol. The fraction of sp³-hybridized carbons (Fsp3) is 0.800. The number of hydrogen-bond donors (Lipinski definition) is 1. The molecule has 0 bridgehead atoms. The van der Waals surface area contributed by atoms with Crippen molar-refractivity contribution in [2.45, 2.75) is 18.9 Å². The Bertz CT molecular complexity index is 37.2. The van der Waals surface area contributed by atoms with Crippen molar-refractivity contribution >= 4 is 0 Å². The van der Waals surface area contributed by atoms with Crippen LogP contribution in [0.4, 0.5) is 0 Å². The highest BCUT2D eigenvalue weighted by atomic mass is 14.9. The Labute approximate surface area is 38.7 Å². The molecule has 6 heavy (non-hydrogen) atoms. The number of hydrogen-bond acceptors (Lipinski definition) is 1. The van der Waals surface area contributed by atoms with Crippen molar-refractivity contribution in [3.05, 3.63) is 6.92 Å². The van der Waals surface area contributed by atoms with Crippen LogP contribution >= 0.6 is 0 Å². The molecule has 0 aromatic heterocycles. The highest BCUT2D eigenvalue weighted by molar-refractivity contribution is 4.74. The van der Waals surface area contributed by atoms with Crippen molar-refractivity contribution in [2.75, 3.05) is 6.54 Å². The predicted octanol–water partition coefficient (Wildman–Crippen LogP) is 0.449. The van der Waals surface area contributed by atoms with E-state index in [1.165, 1.54) is 6.42 Å². The largest absolute Gasteiger partial charge is 0.314 e. The van der Waals surface area contributed by atoms with Crippen LogP contribution in [0.3, 0.4) is 0 Å². The Morgan fingerprint density at radius 2 is 2.50 bits per heavy atom. The Morgan fingerprint density at radius 3 is 2.67 bits per heavy atom. The molecule has 0 amide bonds. The Morgan fingerprint density at radius 1 is 1.67 bits per heavy atom. The summed E-state index contributed by atoms with van der Waals surface area (Å²) in [6, 6.07) is 0.296. The van der Waals surface area contributed by atoms with E-state index in [1.54, 1.807) is 0 Å². The molecule has 0 aromatic rings. The molecule has 1 heteroatoms. The van der Waals surface area contributed by atoms with E-state index >= 15 is 0 Å². The van der Waals surface area contributed by atoms with Gasteiger partial charge in [-0.2, -0.15) is 0 Å². The third-order valence-electron chi connectivity index (χ3n) is 1.10. The first-order valence-electron chi connectivity index (χ1n) is 2.38. The molecule has 1 saturated heterocycles. The van der Waals surface area contributed by atoms with Gasteiger partial charge in [-0.1, -0.05) is 0 Å². The molecular formula is C5H9N. The fourth-order valence-corrected chi connectivity index (χ4v) is 0.711. The van der Waals surface area contributed by atoms with Crippen LogP contribution in [0.15, 0.2) is 0 Å². The Kier molecular flexibility index (Phi) is 1.10. The van der Waals surface area contributed by atoms with Crippen LogP contribution in [0.1, 0.15) is 12.8 Å². The lowest BCUT2D eigenvalue weighted by Crippen LogP contribution is -2.16. The van der Waals surface area contributed by atoms with Gasteiger partial charge in [0, 0.05) is 6.04 Å². The third-order valence-corrected chi connectivity index (χ3v) is 1.10. The highest BCUT2D eigenvalue weighted by Gasteiger charge is 2.05. The molecule has 1 aliphatic rings. The second-order valence-electron chi connectivity index (χ2n) is 1.70. The van der Waals surface area contributed by atoms with E-state index in [9.17, 15) is 0 Å². The monoisotopic (exact) mass is 83.1 g/mol. The summed E-state index contributed by atoms with van der Waals surface area (Å²) >= 11 is 0. The molecule has 1 nitrogen and oxygen atoms in total. The van der Waals surface area contributed by atoms with Gasteiger partial charge in [0.2, 0.25) is 0 Å². The van der Waals surface area contributed by atoms with E-state index in [4.69, 9.17) is 6.92 Å². The maximum atomic E-state index is 5.42. The zero-order valence-corrected chi connectivity index (χ0v) is 3.78. The minimum absolute atomic E-state index is 0.296. The first-order chi connectivity index (χ1) is 2.89. The van der Waals surface area contributed by atoms with Gasteiger partial charge in [0.25, 0.3) is 0 Å². The van der Waals surface area contributed by atoms with Crippen LogP contribution < -0.4 is 5.32 Å².